The molecule has 0 heterocycles. The molecule has 2 aromatic carbocycles. The molecule has 0 aromatic heterocycles. The molecule has 0 atom stereocenters. The van der Waals surface area contributed by atoms with Gasteiger partial charge in [0, 0.05) is 18.5 Å². The molecule has 0 aliphatic rings. The second kappa shape index (κ2) is 13.0. The Morgan fingerprint density at radius 1 is 0.968 bits per heavy atom. The highest BCUT2D eigenvalue weighted by atomic mass is 127. The molecule has 2 aromatic rings. The lowest BCUT2D eigenvalue weighted by Gasteiger charge is -2.31. The van der Waals surface area contributed by atoms with Crippen LogP contribution in [-0.4, -0.2) is 34.0 Å². The highest BCUT2D eigenvalue weighted by Gasteiger charge is 2.28. The molecule has 6 nitrogen and oxygen atoms in total. The number of sulfonamides is 1. The van der Waals surface area contributed by atoms with Crippen LogP contribution >= 0.6 is 24.0 Å². The maximum atomic E-state index is 11.4. The van der Waals surface area contributed by atoms with Gasteiger partial charge in [-0.25, -0.2) is 13.6 Å². The zero-order valence-electron chi connectivity index (χ0n) is 18.6. The lowest BCUT2D eigenvalue weighted by Crippen LogP contribution is -2.40. The summed E-state index contributed by atoms with van der Waals surface area (Å²) in [5.74, 6) is 0.792. The maximum Gasteiger partial charge on any atom is 0.238 e. The minimum absolute atomic E-state index is 0. The molecular formula is C23H35IN4O2S. The van der Waals surface area contributed by atoms with E-state index in [9.17, 15) is 8.42 Å². The summed E-state index contributed by atoms with van der Waals surface area (Å²) in [5, 5.41) is 11.8. The van der Waals surface area contributed by atoms with Crippen LogP contribution in [0.15, 0.2) is 64.5 Å². The van der Waals surface area contributed by atoms with Gasteiger partial charge in [0.05, 0.1) is 11.4 Å². The lowest BCUT2D eigenvalue weighted by atomic mass is 9.76. The van der Waals surface area contributed by atoms with Crippen LogP contribution < -0.4 is 15.8 Å². The first-order chi connectivity index (χ1) is 14.3. The molecule has 4 N–H and O–H groups in total. The molecule has 2 rings (SSSR count). The average molecular weight is 559 g/mol. The molecular weight excluding hydrogens is 523 g/mol. The van der Waals surface area contributed by atoms with E-state index < -0.39 is 10.0 Å². The third-order valence-corrected chi connectivity index (χ3v) is 6.51. The second-order valence-corrected chi connectivity index (χ2v) is 8.98. The zero-order valence-corrected chi connectivity index (χ0v) is 21.7. The number of hydrogen-bond donors (Lipinski definition) is 3. The summed E-state index contributed by atoms with van der Waals surface area (Å²) in [6.45, 7) is 8.67. The molecule has 8 heteroatoms. The Kier molecular flexibility index (Phi) is 11.5. The molecule has 0 radical (unpaired) electrons. The van der Waals surface area contributed by atoms with Crippen LogP contribution in [0.2, 0.25) is 0 Å². The Morgan fingerprint density at radius 2 is 1.58 bits per heavy atom. The van der Waals surface area contributed by atoms with E-state index in [0.29, 0.717) is 13.1 Å². The third-order valence-electron chi connectivity index (χ3n) is 5.58. The van der Waals surface area contributed by atoms with Gasteiger partial charge in [0.1, 0.15) is 0 Å². The van der Waals surface area contributed by atoms with Gasteiger partial charge in [-0.2, -0.15) is 0 Å². The van der Waals surface area contributed by atoms with Crippen molar-refractivity contribution in [1.82, 2.24) is 10.6 Å². The molecule has 0 aliphatic heterocycles. The number of nitrogens with one attached hydrogen (secondary N) is 2. The summed E-state index contributed by atoms with van der Waals surface area (Å²) in [4.78, 5) is 5.01. The van der Waals surface area contributed by atoms with Crippen LogP contribution in [0.4, 0.5) is 0 Å². The van der Waals surface area contributed by atoms with Crippen molar-refractivity contribution in [3.05, 3.63) is 65.7 Å². The summed E-state index contributed by atoms with van der Waals surface area (Å²) in [6, 6.07) is 17.3. The quantitative estimate of drug-likeness (QED) is 0.235. The normalized spacial score (nSPS) is 12.2. The molecule has 0 amide bonds. The first kappa shape index (κ1) is 27.4. The number of hydrogen-bond acceptors (Lipinski definition) is 3. The minimum Gasteiger partial charge on any atom is -0.357 e. The van der Waals surface area contributed by atoms with E-state index in [2.05, 4.69) is 48.7 Å². The van der Waals surface area contributed by atoms with E-state index in [1.165, 1.54) is 5.56 Å². The molecule has 0 bridgehead atoms. The van der Waals surface area contributed by atoms with Gasteiger partial charge in [-0.05, 0) is 49.4 Å². The van der Waals surface area contributed by atoms with Crippen LogP contribution in [0.3, 0.4) is 0 Å². The number of benzene rings is 2. The van der Waals surface area contributed by atoms with Crippen molar-refractivity contribution in [2.75, 3.05) is 19.6 Å². The molecule has 172 valence electrons. The van der Waals surface area contributed by atoms with Gasteiger partial charge in [0.15, 0.2) is 5.96 Å². The van der Waals surface area contributed by atoms with Crippen LogP contribution in [-0.2, 0) is 21.9 Å². The summed E-state index contributed by atoms with van der Waals surface area (Å²) < 4.78 is 22.7. The van der Waals surface area contributed by atoms with Gasteiger partial charge in [0.25, 0.3) is 0 Å². The van der Waals surface area contributed by atoms with E-state index in [-0.39, 0.29) is 34.3 Å². The number of nitrogens with zero attached hydrogens (tertiary/aromatic N) is 1. The Bertz CT molecular complexity index is 912. The third kappa shape index (κ3) is 8.08. The average Bonchev–Trinajstić information content (AvgIpc) is 2.75. The van der Waals surface area contributed by atoms with Crippen molar-refractivity contribution < 1.29 is 8.42 Å². The molecule has 0 spiro atoms. The monoisotopic (exact) mass is 558 g/mol. The summed E-state index contributed by atoms with van der Waals surface area (Å²) >= 11 is 0. The highest BCUT2D eigenvalue weighted by Crippen LogP contribution is 2.31. The Morgan fingerprint density at radius 3 is 2.10 bits per heavy atom. The van der Waals surface area contributed by atoms with E-state index in [1.54, 1.807) is 24.3 Å². The SMILES string of the molecule is CCNC(=NCC(CC)(CC)c1ccccc1)NCCc1ccc(S(N)(=O)=O)cc1.I. The van der Waals surface area contributed by atoms with Crippen molar-refractivity contribution in [3.63, 3.8) is 0 Å². The van der Waals surface area contributed by atoms with Crippen LogP contribution in [0.1, 0.15) is 44.7 Å². The molecule has 0 saturated heterocycles. The fourth-order valence-electron chi connectivity index (χ4n) is 3.51. The zero-order chi connectivity index (χ0) is 22.0. The molecule has 0 fully saturated rings. The Hall–Kier alpha value is -1.65. The molecule has 0 unspecified atom stereocenters. The van der Waals surface area contributed by atoms with Crippen molar-refractivity contribution >= 4 is 40.0 Å². The number of primary sulfonamides is 1. The largest absolute Gasteiger partial charge is 0.357 e. The smallest absolute Gasteiger partial charge is 0.238 e. The summed E-state index contributed by atoms with van der Waals surface area (Å²) in [7, 11) is -3.66. The van der Waals surface area contributed by atoms with Crippen molar-refractivity contribution in [2.45, 2.75) is 50.3 Å². The second-order valence-electron chi connectivity index (χ2n) is 7.41. The number of aliphatic imine (C=N–C) groups is 1. The fourth-order valence-corrected chi connectivity index (χ4v) is 4.02. The van der Waals surface area contributed by atoms with Gasteiger partial charge in [-0.3, -0.25) is 4.99 Å². The maximum absolute atomic E-state index is 11.4. The van der Waals surface area contributed by atoms with Crippen molar-refractivity contribution in [1.29, 1.82) is 0 Å². The molecule has 0 aliphatic carbocycles. The van der Waals surface area contributed by atoms with E-state index >= 15 is 0 Å². The van der Waals surface area contributed by atoms with E-state index in [1.807, 2.05) is 13.0 Å². The van der Waals surface area contributed by atoms with E-state index in [4.69, 9.17) is 10.1 Å². The predicted molar refractivity (Wildman–Crippen MR) is 140 cm³/mol. The van der Waals surface area contributed by atoms with Gasteiger partial charge in [0.2, 0.25) is 10.0 Å². The van der Waals surface area contributed by atoms with Gasteiger partial charge < -0.3 is 10.6 Å². The van der Waals surface area contributed by atoms with Gasteiger partial charge >= 0.3 is 0 Å². The lowest BCUT2D eigenvalue weighted by molar-refractivity contribution is 0.407. The predicted octanol–water partition coefficient (Wildman–Crippen LogP) is 3.81. The minimum atomic E-state index is -3.66. The summed E-state index contributed by atoms with van der Waals surface area (Å²) in [5.41, 5.74) is 2.38. The number of guanidine groups is 1. The molecule has 31 heavy (non-hydrogen) atoms. The van der Waals surface area contributed by atoms with Crippen LogP contribution in [0.25, 0.3) is 0 Å². The van der Waals surface area contributed by atoms with Crippen molar-refractivity contribution in [2.24, 2.45) is 10.1 Å². The first-order valence-electron chi connectivity index (χ1n) is 10.5. The van der Waals surface area contributed by atoms with Crippen LogP contribution in [0, 0.1) is 0 Å². The van der Waals surface area contributed by atoms with Crippen LogP contribution in [0.5, 0.6) is 0 Å². The fraction of sp³-hybridized carbons (Fsp3) is 0.435. The van der Waals surface area contributed by atoms with Crippen molar-refractivity contribution in [3.8, 4) is 0 Å². The molecule has 0 saturated carbocycles. The number of rotatable bonds is 10. The number of nitrogens with two attached hydrogens (primary N) is 1. The number of halogens is 1. The Balaban J connectivity index is 0.00000480. The highest BCUT2D eigenvalue weighted by molar-refractivity contribution is 14.0. The first-order valence-corrected chi connectivity index (χ1v) is 12.1. The van der Waals surface area contributed by atoms with E-state index in [0.717, 1.165) is 37.3 Å². The Labute approximate surface area is 204 Å². The van der Waals surface area contributed by atoms with Gasteiger partial charge in [-0.1, -0.05) is 56.3 Å². The summed E-state index contributed by atoms with van der Waals surface area (Å²) in [6.07, 6.45) is 2.79. The standard InChI is InChI=1S/C23H34N4O2S.HI/c1-4-23(5-2,20-10-8-7-9-11-20)18-27-22(25-6-3)26-17-16-19-12-14-21(15-13-19)30(24,28)29;/h7-15H,4-6,16-18H2,1-3H3,(H2,24,28,29)(H2,25,26,27);1H. The topological polar surface area (TPSA) is 96.6 Å². The van der Waals surface area contributed by atoms with Gasteiger partial charge in [-0.15, -0.1) is 24.0 Å².